The standard InChI is InChI=1S/C13H14F2N2O4/c1-13(2)10(5-11(13)18)16-12(19)6-3-8(15)9(17(20)21)4-7(6)14/h3-4,10-11,18H,5H2,1-2H3,(H,16,19). The average Bonchev–Trinajstić information content (AvgIpc) is 2.40. The SMILES string of the molecule is CC1(C)C(O)CC1NC(=O)c1cc(F)c([N+](=O)[O-])cc1F. The van der Waals surface area contributed by atoms with Crippen LogP contribution >= 0.6 is 0 Å². The molecule has 6 nitrogen and oxygen atoms in total. The summed E-state index contributed by atoms with van der Waals surface area (Å²) in [5, 5.41) is 22.5. The molecule has 0 spiro atoms. The van der Waals surface area contributed by atoms with Gasteiger partial charge in [-0.3, -0.25) is 14.9 Å². The number of nitrogens with one attached hydrogen (secondary N) is 1. The highest BCUT2D eigenvalue weighted by Gasteiger charge is 2.48. The molecule has 8 heteroatoms. The number of benzene rings is 1. The fourth-order valence-corrected chi connectivity index (χ4v) is 2.23. The number of nitro groups is 1. The lowest BCUT2D eigenvalue weighted by Gasteiger charge is -2.49. The van der Waals surface area contributed by atoms with Crippen LogP contribution < -0.4 is 5.32 Å². The van der Waals surface area contributed by atoms with E-state index in [0.29, 0.717) is 18.6 Å². The van der Waals surface area contributed by atoms with E-state index in [-0.39, 0.29) is 6.04 Å². The van der Waals surface area contributed by atoms with Gasteiger partial charge in [0, 0.05) is 11.5 Å². The van der Waals surface area contributed by atoms with Crippen molar-refractivity contribution in [2.75, 3.05) is 0 Å². The molecule has 2 rings (SSSR count). The fourth-order valence-electron chi connectivity index (χ4n) is 2.23. The molecule has 0 saturated heterocycles. The van der Waals surface area contributed by atoms with E-state index in [0.717, 1.165) is 0 Å². The van der Waals surface area contributed by atoms with Gasteiger partial charge in [0.05, 0.1) is 22.7 Å². The smallest absolute Gasteiger partial charge is 0.307 e. The molecule has 1 aromatic carbocycles. The quantitative estimate of drug-likeness (QED) is 0.657. The van der Waals surface area contributed by atoms with Crippen LogP contribution in [0.15, 0.2) is 12.1 Å². The number of amides is 1. The third kappa shape index (κ3) is 2.58. The van der Waals surface area contributed by atoms with Crippen LogP contribution in [0.3, 0.4) is 0 Å². The number of nitro benzene ring substituents is 1. The maximum atomic E-state index is 13.7. The number of halogens is 2. The summed E-state index contributed by atoms with van der Waals surface area (Å²) >= 11 is 0. The molecule has 21 heavy (non-hydrogen) atoms. The summed E-state index contributed by atoms with van der Waals surface area (Å²) in [6, 6.07) is 0.508. The van der Waals surface area contributed by atoms with Gasteiger partial charge in [-0.15, -0.1) is 0 Å². The number of nitrogens with zero attached hydrogens (tertiary/aromatic N) is 1. The molecule has 0 heterocycles. The average molecular weight is 300 g/mol. The number of carbonyl (C=O) groups excluding carboxylic acids is 1. The Balaban J connectivity index is 2.21. The number of hydrogen-bond donors (Lipinski definition) is 2. The second kappa shape index (κ2) is 5.03. The van der Waals surface area contributed by atoms with Gasteiger partial charge in [-0.1, -0.05) is 13.8 Å². The van der Waals surface area contributed by atoms with Crippen molar-refractivity contribution in [3.63, 3.8) is 0 Å². The highest BCUT2D eigenvalue weighted by molar-refractivity contribution is 5.95. The number of carbonyl (C=O) groups is 1. The molecule has 0 radical (unpaired) electrons. The van der Waals surface area contributed by atoms with E-state index in [9.17, 15) is 28.8 Å². The van der Waals surface area contributed by atoms with Crippen molar-refractivity contribution in [3.05, 3.63) is 39.4 Å². The Morgan fingerprint density at radius 2 is 2.05 bits per heavy atom. The van der Waals surface area contributed by atoms with Crippen LogP contribution in [0.5, 0.6) is 0 Å². The Kier molecular flexibility index (Phi) is 3.66. The van der Waals surface area contributed by atoms with Gasteiger partial charge in [-0.25, -0.2) is 4.39 Å². The zero-order valence-electron chi connectivity index (χ0n) is 11.4. The molecule has 114 valence electrons. The topological polar surface area (TPSA) is 92.5 Å². The minimum atomic E-state index is -1.28. The van der Waals surface area contributed by atoms with Crippen LogP contribution in [-0.2, 0) is 0 Å². The molecule has 0 aromatic heterocycles. The molecule has 1 aromatic rings. The van der Waals surface area contributed by atoms with E-state index in [4.69, 9.17) is 0 Å². The Hall–Kier alpha value is -2.09. The van der Waals surface area contributed by atoms with Crippen LogP contribution in [0.2, 0.25) is 0 Å². The second-order valence-corrected chi connectivity index (χ2v) is 5.64. The third-order valence-electron chi connectivity index (χ3n) is 4.00. The summed E-state index contributed by atoms with van der Waals surface area (Å²) in [5.74, 6) is -3.32. The van der Waals surface area contributed by atoms with Crippen LogP contribution in [0.4, 0.5) is 14.5 Å². The van der Waals surface area contributed by atoms with Gasteiger partial charge in [-0.2, -0.15) is 4.39 Å². The van der Waals surface area contributed by atoms with Gasteiger partial charge in [0.1, 0.15) is 5.82 Å². The maximum Gasteiger partial charge on any atom is 0.307 e. The molecule has 1 aliphatic carbocycles. The molecule has 1 fully saturated rings. The van der Waals surface area contributed by atoms with Crippen LogP contribution in [0.25, 0.3) is 0 Å². The third-order valence-corrected chi connectivity index (χ3v) is 4.00. The Morgan fingerprint density at radius 1 is 1.43 bits per heavy atom. The molecule has 2 N–H and O–H groups in total. The minimum Gasteiger partial charge on any atom is -0.392 e. The molecular formula is C13H14F2N2O4. The van der Waals surface area contributed by atoms with Crippen molar-refractivity contribution in [1.29, 1.82) is 0 Å². The van der Waals surface area contributed by atoms with Crippen molar-refractivity contribution in [3.8, 4) is 0 Å². The minimum absolute atomic E-state index is 0.315. The highest BCUT2D eigenvalue weighted by atomic mass is 19.1. The summed E-state index contributed by atoms with van der Waals surface area (Å²) in [6.45, 7) is 3.47. The number of aliphatic hydroxyl groups excluding tert-OH is 1. The van der Waals surface area contributed by atoms with Crippen molar-refractivity contribution >= 4 is 11.6 Å². The highest BCUT2D eigenvalue weighted by Crippen LogP contribution is 2.40. The van der Waals surface area contributed by atoms with E-state index >= 15 is 0 Å². The molecule has 2 atom stereocenters. The lowest BCUT2D eigenvalue weighted by atomic mass is 9.64. The summed E-state index contributed by atoms with van der Waals surface area (Å²) in [6.07, 6.45) is -0.267. The van der Waals surface area contributed by atoms with E-state index in [1.54, 1.807) is 13.8 Å². The second-order valence-electron chi connectivity index (χ2n) is 5.64. The molecule has 1 amide bonds. The summed E-state index contributed by atoms with van der Waals surface area (Å²) < 4.78 is 27.2. The fraction of sp³-hybridized carbons (Fsp3) is 0.462. The van der Waals surface area contributed by atoms with E-state index < -0.39 is 45.2 Å². The van der Waals surface area contributed by atoms with Gasteiger partial charge >= 0.3 is 5.69 Å². The zero-order valence-corrected chi connectivity index (χ0v) is 11.4. The van der Waals surface area contributed by atoms with Crippen LogP contribution in [0.1, 0.15) is 30.6 Å². The molecule has 1 saturated carbocycles. The predicted octanol–water partition coefficient (Wildman–Crippen LogP) is 1.76. The van der Waals surface area contributed by atoms with Crippen LogP contribution in [-0.4, -0.2) is 28.1 Å². The monoisotopic (exact) mass is 300 g/mol. The number of rotatable bonds is 3. The normalized spacial score (nSPS) is 23.3. The number of aliphatic hydroxyl groups is 1. The van der Waals surface area contributed by atoms with Crippen molar-refractivity contribution in [2.24, 2.45) is 5.41 Å². The van der Waals surface area contributed by atoms with E-state index in [2.05, 4.69) is 5.32 Å². The van der Waals surface area contributed by atoms with Gasteiger partial charge < -0.3 is 10.4 Å². The first-order valence-electron chi connectivity index (χ1n) is 6.27. The molecule has 0 bridgehead atoms. The van der Waals surface area contributed by atoms with Gasteiger partial charge in [0.15, 0.2) is 0 Å². The first-order valence-corrected chi connectivity index (χ1v) is 6.27. The van der Waals surface area contributed by atoms with Crippen LogP contribution in [0, 0.1) is 27.2 Å². The summed E-state index contributed by atoms with van der Waals surface area (Å²) in [7, 11) is 0. The molecule has 0 aliphatic heterocycles. The Bertz CT molecular complexity index is 618. The molecule has 1 aliphatic rings. The van der Waals surface area contributed by atoms with Gasteiger partial charge in [-0.05, 0) is 12.5 Å². The first kappa shape index (κ1) is 15.3. The molecular weight excluding hydrogens is 286 g/mol. The van der Waals surface area contributed by atoms with Crippen molar-refractivity contribution in [1.82, 2.24) is 5.32 Å². The summed E-state index contributed by atoms with van der Waals surface area (Å²) in [4.78, 5) is 21.3. The first-order chi connectivity index (χ1) is 9.64. The van der Waals surface area contributed by atoms with E-state index in [1.165, 1.54) is 0 Å². The lowest BCUT2D eigenvalue weighted by molar-refractivity contribution is -0.387. The van der Waals surface area contributed by atoms with E-state index in [1.807, 2.05) is 0 Å². The Labute approximate surface area is 118 Å². The Morgan fingerprint density at radius 3 is 2.52 bits per heavy atom. The van der Waals surface area contributed by atoms with Gasteiger partial charge in [0.25, 0.3) is 5.91 Å². The molecule has 2 unspecified atom stereocenters. The lowest BCUT2D eigenvalue weighted by Crippen LogP contribution is -2.61. The maximum absolute atomic E-state index is 13.7. The van der Waals surface area contributed by atoms with Crippen molar-refractivity contribution in [2.45, 2.75) is 32.4 Å². The largest absolute Gasteiger partial charge is 0.392 e. The van der Waals surface area contributed by atoms with Gasteiger partial charge in [0.2, 0.25) is 5.82 Å². The van der Waals surface area contributed by atoms with Crippen molar-refractivity contribution < 1.29 is 23.6 Å². The predicted molar refractivity (Wildman–Crippen MR) is 68.7 cm³/mol. The summed E-state index contributed by atoms with van der Waals surface area (Å²) in [5.41, 5.74) is -2.19. The number of hydrogen-bond acceptors (Lipinski definition) is 4. The zero-order chi connectivity index (χ0) is 15.9.